The molecule has 1 saturated heterocycles. The van der Waals surface area contributed by atoms with Crippen LogP contribution < -0.4 is 5.32 Å². The molecule has 0 radical (unpaired) electrons. The predicted octanol–water partition coefficient (Wildman–Crippen LogP) is 5.24. The molecule has 5 heteroatoms. The first-order valence-electron chi connectivity index (χ1n) is 10.1. The Morgan fingerprint density at radius 2 is 1.86 bits per heavy atom. The van der Waals surface area contributed by atoms with Crippen molar-refractivity contribution >= 4 is 33.1 Å². The Hall–Kier alpha value is -2.24. The fourth-order valence-electron chi connectivity index (χ4n) is 3.91. The zero-order chi connectivity index (χ0) is 19.5. The van der Waals surface area contributed by atoms with Gasteiger partial charge in [-0.2, -0.15) is 0 Å². The number of hydrogen-bond acceptors (Lipinski definition) is 4. The molecule has 0 spiro atoms. The summed E-state index contributed by atoms with van der Waals surface area (Å²) in [5.74, 6) is 0.978. The number of piperidine rings is 1. The van der Waals surface area contributed by atoms with Gasteiger partial charge >= 0.3 is 0 Å². The van der Waals surface area contributed by atoms with Crippen molar-refractivity contribution in [2.75, 3.05) is 25.0 Å². The summed E-state index contributed by atoms with van der Waals surface area (Å²) in [5.41, 5.74) is 3.23. The summed E-state index contributed by atoms with van der Waals surface area (Å²) in [7, 11) is 0. The summed E-state index contributed by atoms with van der Waals surface area (Å²) in [4.78, 5) is 19.6. The summed E-state index contributed by atoms with van der Waals surface area (Å²) in [6.45, 7) is 6.65. The van der Waals surface area contributed by atoms with Crippen molar-refractivity contribution in [1.82, 2.24) is 9.88 Å². The van der Waals surface area contributed by atoms with E-state index < -0.39 is 0 Å². The molecule has 4 rings (SSSR count). The van der Waals surface area contributed by atoms with E-state index in [2.05, 4.69) is 48.3 Å². The zero-order valence-electron chi connectivity index (χ0n) is 16.5. The van der Waals surface area contributed by atoms with E-state index in [1.165, 1.54) is 15.3 Å². The number of nitrogens with one attached hydrogen (secondary N) is 1. The van der Waals surface area contributed by atoms with Gasteiger partial charge in [0, 0.05) is 11.6 Å². The molecule has 1 aliphatic rings. The number of carbonyl (C=O) groups is 1. The van der Waals surface area contributed by atoms with Gasteiger partial charge in [-0.3, -0.25) is 9.69 Å². The van der Waals surface area contributed by atoms with Crippen molar-refractivity contribution in [2.45, 2.75) is 38.5 Å². The SMILES string of the molecule is CC(C)c1ccccc1NC(=O)CN1CCC(c2nc3ccccc3s2)CC1. The number of benzene rings is 2. The molecule has 1 amide bonds. The Balaban J connectivity index is 1.32. The lowest BCUT2D eigenvalue weighted by atomic mass is 9.97. The van der Waals surface area contributed by atoms with Gasteiger partial charge in [0.25, 0.3) is 0 Å². The van der Waals surface area contributed by atoms with Crippen LogP contribution in [0.3, 0.4) is 0 Å². The lowest BCUT2D eigenvalue weighted by molar-refractivity contribution is -0.117. The molecule has 0 atom stereocenters. The van der Waals surface area contributed by atoms with Crippen LogP contribution in [0, 0.1) is 0 Å². The second kappa shape index (κ2) is 8.41. The van der Waals surface area contributed by atoms with Crippen molar-refractivity contribution in [3.8, 4) is 0 Å². The summed E-state index contributed by atoms with van der Waals surface area (Å²) in [6, 6.07) is 16.4. The Labute approximate surface area is 170 Å². The Morgan fingerprint density at radius 1 is 1.14 bits per heavy atom. The molecular weight excluding hydrogens is 366 g/mol. The number of fused-ring (bicyclic) bond motifs is 1. The average molecular weight is 394 g/mol. The molecule has 3 aromatic rings. The van der Waals surface area contributed by atoms with Crippen molar-refractivity contribution in [3.05, 3.63) is 59.1 Å². The largest absolute Gasteiger partial charge is 0.325 e. The minimum Gasteiger partial charge on any atom is -0.325 e. The first kappa shape index (κ1) is 19.1. The van der Waals surface area contributed by atoms with Crippen LogP contribution in [0.5, 0.6) is 0 Å². The number of para-hydroxylation sites is 2. The smallest absolute Gasteiger partial charge is 0.238 e. The summed E-state index contributed by atoms with van der Waals surface area (Å²) >= 11 is 1.82. The number of aromatic nitrogens is 1. The molecule has 0 saturated carbocycles. The summed E-state index contributed by atoms with van der Waals surface area (Å²) in [5, 5.41) is 4.36. The maximum atomic E-state index is 12.6. The van der Waals surface area contributed by atoms with Crippen LogP contribution in [0.4, 0.5) is 5.69 Å². The molecule has 0 unspecified atom stereocenters. The number of amides is 1. The minimum atomic E-state index is 0.0755. The number of carbonyl (C=O) groups excluding carboxylic acids is 1. The minimum absolute atomic E-state index is 0.0755. The van der Waals surface area contributed by atoms with Crippen LogP contribution in [0.2, 0.25) is 0 Å². The quantitative estimate of drug-likeness (QED) is 0.645. The fourth-order valence-corrected chi connectivity index (χ4v) is 5.05. The Bertz CT molecular complexity index is 924. The number of thiazole rings is 1. The number of anilines is 1. The van der Waals surface area contributed by atoms with Crippen molar-refractivity contribution in [2.24, 2.45) is 0 Å². The van der Waals surface area contributed by atoms with Gasteiger partial charge in [0.05, 0.1) is 21.8 Å². The van der Waals surface area contributed by atoms with Gasteiger partial charge < -0.3 is 5.32 Å². The molecule has 4 nitrogen and oxygen atoms in total. The van der Waals surface area contributed by atoms with E-state index in [1.54, 1.807) is 0 Å². The normalized spacial score (nSPS) is 16.0. The topological polar surface area (TPSA) is 45.2 Å². The molecule has 2 heterocycles. The van der Waals surface area contributed by atoms with E-state index >= 15 is 0 Å². The lowest BCUT2D eigenvalue weighted by Gasteiger charge is -2.30. The molecule has 1 fully saturated rings. The second-order valence-electron chi connectivity index (χ2n) is 7.86. The Kier molecular flexibility index (Phi) is 5.74. The molecule has 0 aliphatic carbocycles. The van der Waals surface area contributed by atoms with Crippen LogP contribution in [-0.2, 0) is 4.79 Å². The molecular formula is C23H27N3OS. The van der Waals surface area contributed by atoms with E-state index in [-0.39, 0.29) is 5.91 Å². The van der Waals surface area contributed by atoms with E-state index in [0.29, 0.717) is 18.4 Å². The molecule has 1 aromatic heterocycles. The van der Waals surface area contributed by atoms with Gasteiger partial charge in [0.2, 0.25) is 5.91 Å². The summed E-state index contributed by atoms with van der Waals surface area (Å²) < 4.78 is 1.27. The van der Waals surface area contributed by atoms with Crippen LogP contribution >= 0.6 is 11.3 Å². The highest BCUT2D eigenvalue weighted by molar-refractivity contribution is 7.18. The van der Waals surface area contributed by atoms with Gasteiger partial charge in [0.1, 0.15) is 0 Å². The van der Waals surface area contributed by atoms with Gasteiger partial charge in [-0.15, -0.1) is 11.3 Å². The third-order valence-corrected chi connectivity index (χ3v) is 6.67. The standard InChI is InChI=1S/C23H27N3OS/c1-16(2)18-7-3-4-8-19(18)24-22(27)15-26-13-11-17(12-14-26)23-25-20-9-5-6-10-21(20)28-23/h3-10,16-17H,11-15H2,1-2H3,(H,24,27). The predicted molar refractivity (Wildman–Crippen MR) is 117 cm³/mol. The van der Waals surface area contributed by atoms with Crippen LogP contribution in [0.25, 0.3) is 10.2 Å². The van der Waals surface area contributed by atoms with Crippen molar-refractivity contribution in [1.29, 1.82) is 0 Å². The molecule has 1 N–H and O–H groups in total. The van der Waals surface area contributed by atoms with Crippen LogP contribution in [0.1, 0.15) is 49.1 Å². The van der Waals surface area contributed by atoms with Crippen molar-refractivity contribution < 1.29 is 4.79 Å². The number of likely N-dealkylation sites (tertiary alicyclic amines) is 1. The van der Waals surface area contributed by atoms with E-state index in [4.69, 9.17) is 4.98 Å². The lowest BCUT2D eigenvalue weighted by Crippen LogP contribution is -2.38. The van der Waals surface area contributed by atoms with Crippen LogP contribution in [-0.4, -0.2) is 35.4 Å². The van der Waals surface area contributed by atoms with Gasteiger partial charge in [0.15, 0.2) is 0 Å². The zero-order valence-corrected chi connectivity index (χ0v) is 17.3. The maximum absolute atomic E-state index is 12.6. The molecule has 2 aromatic carbocycles. The van der Waals surface area contributed by atoms with E-state index in [1.807, 2.05) is 35.6 Å². The summed E-state index contributed by atoms with van der Waals surface area (Å²) in [6.07, 6.45) is 2.13. The highest BCUT2D eigenvalue weighted by Gasteiger charge is 2.24. The number of rotatable bonds is 5. The highest BCUT2D eigenvalue weighted by Crippen LogP contribution is 2.33. The fraction of sp³-hybridized carbons (Fsp3) is 0.391. The highest BCUT2D eigenvalue weighted by atomic mass is 32.1. The van der Waals surface area contributed by atoms with Crippen LogP contribution in [0.15, 0.2) is 48.5 Å². The first-order chi connectivity index (χ1) is 13.6. The van der Waals surface area contributed by atoms with E-state index in [9.17, 15) is 4.79 Å². The molecule has 0 bridgehead atoms. The van der Waals surface area contributed by atoms with Gasteiger partial charge in [-0.25, -0.2) is 4.98 Å². The molecule has 146 valence electrons. The average Bonchev–Trinajstić information content (AvgIpc) is 3.13. The maximum Gasteiger partial charge on any atom is 0.238 e. The Morgan fingerprint density at radius 3 is 2.61 bits per heavy atom. The third-order valence-electron chi connectivity index (χ3n) is 5.47. The van der Waals surface area contributed by atoms with Crippen molar-refractivity contribution in [3.63, 3.8) is 0 Å². The third kappa shape index (κ3) is 4.26. The second-order valence-corrected chi connectivity index (χ2v) is 8.92. The first-order valence-corrected chi connectivity index (χ1v) is 10.9. The van der Waals surface area contributed by atoms with E-state index in [0.717, 1.165) is 37.1 Å². The van der Waals surface area contributed by atoms with Gasteiger partial charge in [-0.05, 0) is 55.6 Å². The molecule has 1 aliphatic heterocycles. The monoisotopic (exact) mass is 393 g/mol. The number of hydrogen-bond donors (Lipinski definition) is 1. The molecule has 28 heavy (non-hydrogen) atoms. The van der Waals surface area contributed by atoms with Gasteiger partial charge in [-0.1, -0.05) is 44.2 Å². The number of nitrogens with zero attached hydrogens (tertiary/aromatic N) is 2.